The minimum absolute atomic E-state index is 0.0102. The second kappa shape index (κ2) is 6.35. The van der Waals surface area contributed by atoms with E-state index in [0.29, 0.717) is 10.7 Å². The van der Waals surface area contributed by atoms with Gasteiger partial charge in [-0.3, -0.25) is 9.78 Å². The molecule has 1 N–H and O–H groups in total. The van der Waals surface area contributed by atoms with E-state index in [-0.39, 0.29) is 17.0 Å². The van der Waals surface area contributed by atoms with Crippen molar-refractivity contribution in [3.05, 3.63) is 51.2 Å². The van der Waals surface area contributed by atoms with Gasteiger partial charge in [0.1, 0.15) is 0 Å². The number of nitrogens with zero attached hydrogens (tertiary/aromatic N) is 2. The molecule has 8 heteroatoms. The van der Waals surface area contributed by atoms with Crippen LogP contribution in [0.3, 0.4) is 0 Å². The molecule has 0 atom stereocenters. The Morgan fingerprint density at radius 2 is 2.13 bits per heavy atom. The SMILES string of the molecule is O=c1[nH]c(SCc2cccnc2CC(F)(F)F)nc2c1CCC2. The standard InChI is InChI=1S/C15H14F3N3OS/c16-15(17,18)7-12-9(3-2-6-19-12)8-23-14-20-11-5-1-4-10(11)13(22)21-14/h2-3,6H,1,4-5,7-8H2,(H,20,21,22). The average molecular weight is 341 g/mol. The Morgan fingerprint density at radius 1 is 1.30 bits per heavy atom. The van der Waals surface area contributed by atoms with Crippen LogP contribution in [-0.4, -0.2) is 21.1 Å². The van der Waals surface area contributed by atoms with Crippen molar-refractivity contribution in [3.63, 3.8) is 0 Å². The van der Waals surface area contributed by atoms with Crippen LogP contribution in [0.25, 0.3) is 0 Å². The molecule has 0 unspecified atom stereocenters. The topological polar surface area (TPSA) is 58.6 Å². The molecule has 122 valence electrons. The fraction of sp³-hybridized carbons (Fsp3) is 0.400. The summed E-state index contributed by atoms with van der Waals surface area (Å²) in [4.78, 5) is 22.9. The first-order valence-electron chi connectivity index (χ1n) is 7.17. The third-order valence-electron chi connectivity index (χ3n) is 3.64. The minimum atomic E-state index is -4.30. The first kappa shape index (κ1) is 16.0. The van der Waals surface area contributed by atoms with E-state index in [1.807, 2.05) is 0 Å². The fourth-order valence-corrected chi connectivity index (χ4v) is 3.48. The molecule has 2 heterocycles. The van der Waals surface area contributed by atoms with Gasteiger partial charge in [-0.2, -0.15) is 13.2 Å². The number of fused-ring (bicyclic) bond motifs is 1. The normalized spacial score (nSPS) is 14.0. The first-order valence-corrected chi connectivity index (χ1v) is 8.15. The summed E-state index contributed by atoms with van der Waals surface area (Å²) in [7, 11) is 0. The van der Waals surface area contributed by atoms with E-state index in [1.54, 1.807) is 12.1 Å². The number of H-pyrrole nitrogens is 1. The van der Waals surface area contributed by atoms with Gasteiger partial charge in [0.2, 0.25) is 0 Å². The molecule has 0 amide bonds. The van der Waals surface area contributed by atoms with Gasteiger partial charge in [-0.25, -0.2) is 4.98 Å². The van der Waals surface area contributed by atoms with Crippen molar-refractivity contribution in [2.24, 2.45) is 0 Å². The lowest BCUT2D eigenvalue weighted by Gasteiger charge is -2.10. The van der Waals surface area contributed by atoms with Crippen LogP contribution in [0.4, 0.5) is 13.2 Å². The number of alkyl halides is 3. The second-order valence-electron chi connectivity index (χ2n) is 5.34. The molecule has 1 aliphatic rings. The molecule has 0 saturated carbocycles. The number of aryl methyl sites for hydroxylation is 1. The molecule has 0 aliphatic heterocycles. The van der Waals surface area contributed by atoms with Crippen molar-refractivity contribution in [2.75, 3.05) is 0 Å². The van der Waals surface area contributed by atoms with E-state index in [9.17, 15) is 18.0 Å². The lowest BCUT2D eigenvalue weighted by molar-refractivity contribution is -0.127. The van der Waals surface area contributed by atoms with Crippen LogP contribution < -0.4 is 5.56 Å². The van der Waals surface area contributed by atoms with Crippen LogP contribution in [0.2, 0.25) is 0 Å². The Morgan fingerprint density at radius 3 is 2.91 bits per heavy atom. The molecule has 23 heavy (non-hydrogen) atoms. The number of rotatable bonds is 4. The Hall–Kier alpha value is -1.83. The Kier molecular flexibility index (Phi) is 4.43. The predicted octanol–water partition coefficient (Wildman–Crippen LogP) is 3.05. The van der Waals surface area contributed by atoms with Crippen molar-refractivity contribution < 1.29 is 13.2 Å². The zero-order valence-corrected chi connectivity index (χ0v) is 12.9. The van der Waals surface area contributed by atoms with Crippen molar-refractivity contribution in [3.8, 4) is 0 Å². The van der Waals surface area contributed by atoms with Gasteiger partial charge in [0.25, 0.3) is 5.56 Å². The monoisotopic (exact) mass is 341 g/mol. The molecule has 0 bridgehead atoms. The molecular formula is C15H14F3N3OS. The molecule has 3 rings (SSSR count). The minimum Gasteiger partial charge on any atom is -0.301 e. The van der Waals surface area contributed by atoms with Gasteiger partial charge in [-0.1, -0.05) is 17.8 Å². The maximum Gasteiger partial charge on any atom is 0.394 e. The number of pyridine rings is 1. The summed E-state index contributed by atoms with van der Waals surface area (Å²) in [6.45, 7) is 0. The molecule has 0 aromatic carbocycles. The number of aromatic amines is 1. The van der Waals surface area contributed by atoms with Gasteiger partial charge in [0.05, 0.1) is 17.8 Å². The van der Waals surface area contributed by atoms with E-state index in [1.165, 1.54) is 18.0 Å². The lowest BCUT2D eigenvalue weighted by atomic mass is 10.1. The molecule has 2 aromatic heterocycles. The Balaban J connectivity index is 1.77. The van der Waals surface area contributed by atoms with Gasteiger partial charge in [0, 0.05) is 17.5 Å². The van der Waals surface area contributed by atoms with Crippen molar-refractivity contribution in [2.45, 2.75) is 42.8 Å². The Bertz CT molecular complexity index is 773. The number of aromatic nitrogens is 3. The highest BCUT2D eigenvalue weighted by molar-refractivity contribution is 7.98. The summed E-state index contributed by atoms with van der Waals surface area (Å²) >= 11 is 1.22. The number of thioether (sulfide) groups is 1. The molecule has 4 nitrogen and oxygen atoms in total. The number of halogens is 3. The van der Waals surface area contributed by atoms with Gasteiger partial charge in [0.15, 0.2) is 5.16 Å². The summed E-state index contributed by atoms with van der Waals surface area (Å²) in [5, 5.41) is 0.442. The molecule has 2 aromatic rings. The zero-order chi connectivity index (χ0) is 16.4. The fourth-order valence-electron chi connectivity index (χ4n) is 2.59. The van der Waals surface area contributed by atoms with Crippen LogP contribution in [0.5, 0.6) is 0 Å². The molecule has 0 fully saturated rings. The number of hydrogen-bond acceptors (Lipinski definition) is 4. The van der Waals surface area contributed by atoms with Crippen LogP contribution >= 0.6 is 11.8 Å². The highest BCUT2D eigenvalue weighted by Crippen LogP contribution is 2.26. The summed E-state index contributed by atoms with van der Waals surface area (Å²) in [5.74, 6) is 0.279. The van der Waals surface area contributed by atoms with Crippen LogP contribution in [-0.2, 0) is 25.0 Å². The van der Waals surface area contributed by atoms with E-state index in [0.717, 1.165) is 30.5 Å². The maximum absolute atomic E-state index is 12.6. The lowest BCUT2D eigenvalue weighted by Crippen LogP contribution is -2.15. The van der Waals surface area contributed by atoms with Crippen molar-refractivity contribution in [1.29, 1.82) is 0 Å². The Labute approximate surface area is 134 Å². The van der Waals surface area contributed by atoms with Gasteiger partial charge in [-0.15, -0.1) is 0 Å². The predicted molar refractivity (Wildman–Crippen MR) is 80.4 cm³/mol. The molecule has 0 spiro atoms. The third kappa shape index (κ3) is 3.93. The second-order valence-corrected chi connectivity index (χ2v) is 6.30. The number of hydrogen-bond donors (Lipinski definition) is 1. The summed E-state index contributed by atoms with van der Waals surface area (Å²) < 4.78 is 37.7. The first-order chi connectivity index (χ1) is 10.9. The largest absolute Gasteiger partial charge is 0.394 e. The quantitative estimate of drug-likeness (QED) is 0.686. The average Bonchev–Trinajstić information content (AvgIpc) is 2.94. The van der Waals surface area contributed by atoms with E-state index in [4.69, 9.17) is 0 Å². The summed E-state index contributed by atoms with van der Waals surface area (Å²) in [6, 6.07) is 3.22. The molecular weight excluding hydrogens is 327 g/mol. The van der Waals surface area contributed by atoms with E-state index < -0.39 is 12.6 Å². The van der Waals surface area contributed by atoms with E-state index >= 15 is 0 Å². The molecule has 0 saturated heterocycles. The maximum atomic E-state index is 12.6. The zero-order valence-electron chi connectivity index (χ0n) is 12.1. The van der Waals surface area contributed by atoms with Crippen LogP contribution in [0, 0.1) is 0 Å². The van der Waals surface area contributed by atoms with Crippen LogP contribution in [0.1, 0.15) is 28.9 Å². The van der Waals surface area contributed by atoms with E-state index in [2.05, 4.69) is 15.0 Å². The van der Waals surface area contributed by atoms with Gasteiger partial charge in [-0.05, 0) is 30.9 Å². The highest BCUT2D eigenvalue weighted by Gasteiger charge is 2.29. The van der Waals surface area contributed by atoms with Gasteiger partial charge < -0.3 is 4.98 Å². The van der Waals surface area contributed by atoms with Crippen molar-refractivity contribution >= 4 is 11.8 Å². The summed E-state index contributed by atoms with van der Waals surface area (Å²) in [6.07, 6.45) is -1.58. The van der Waals surface area contributed by atoms with Crippen molar-refractivity contribution in [1.82, 2.24) is 15.0 Å². The smallest absolute Gasteiger partial charge is 0.301 e. The molecule has 1 aliphatic carbocycles. The van der Waals surface area contributed by atoms with Gasteiger partial charge >= 0.3 is 6.18 Å². The molecule has 0 radical (unpaired) electrons. The summed E-state index contributed by atoms with van der Waals surface area (Å²) in [5.41, 5.74) is 1.90. The van der Waals surface area contributed by atoms with Crippen LogP contribution in [0.15, 0.2) is 28.3 Å². The highest BCUT2D eigenvalue weighted by atomic mass is 32.2. The third-order valence-corrected chi connectivity index (χ3v) is 4.56. The number of nitrogens with one attached hydrogen (secondary N) is 1.